The molecule has 0 N–H and O–H groups in total. The molecule has 5 nitrogen and oxygen atoms in total. The number of aryl methyl sites for hydroxylation is 1. The van der Waals surface area contributed by atoms with Gasteiger partial charge in [-0.05, 0) is 6.42 Å². The normalized spacial score (nSPS) is 22.0. The molecule has 1 aliphatic rings. The molecular weight excluding hydrogens is 218 g/mol. The van der Waals surface area contributed by atoms with Crippen LogP contribution in [0.2, 0.25) is 0 Å². The van der Waals surface area contributed by atoms with Gasteiger partial charge in [0.05, 0.1) is 6.54 Å². The van der Waals surface area contributed by atoms with Crippen molar-refractivity contribution in [1.82, 2.24) is 15.0 Å². The summed E-state index contributed by atoms with van der Waals surface area (Å²) < 4.78 is 5.07. The molecule has 1 aromatic rings. The van der Waals surface area contributed by atoms with Crippen LogP contribution in [0, 0.1) is 5.92 Å². The fraction of sp³-hybridized carbons (Fsp3) is 0.750. The van der Waals surface area contributed by atoms with Gasteiger partial charge in [-0.2, -0.15) is 4.98 Å². The molecule has 0 spiro atoms. The maximum Gasteiger partial charge on any atom is 0.226 e. The average Bonchev–Trinajstić information content (AvgIpc) is 2.79. The van der Waals surface area contributed by atoms with Crippen molar-refractivity contribution in [2.75, 3.05) is 13.1 Å². The van der Waals surface area contributed by atoms with Crippen LogP contribution in [0.4, 0.5) is 0 Å². The molecule has 17 heavy (non-hydrogen) atoms. The highest BCUT2D eigenvalue weighted by molar-refractivity contribution is 5.82. The zero-order valence-corrected chi connectivity index (χ0v) is 10.5. The van der Waals surface area contributed by atoms with Crippen molar-refractivity contribution >= 4 is 5.78 Å². The van der Waals surface area contributed by atoms with E-state index in [2.05, 4.69) is 22.0 Å². The van der Waals surface area contributed by atoms with Gasteiger partial charge in [0.1, 0.15) is 5.78 Å². The minimum Gasteiger partial charge on any atom is -0.339 e. The van der Waals surface area contributed by atoms with Crippen LogP contribution >= 0.6 is 0 Å². The molecule has 1 aliphatic heterocycles. The molecule has 1 atom stereocenters. The Balaban J connectivity index is 1.93. The van der Waals surface area contributed by atoms with Gasteiger partial charge in [-0.15, -0.1) is 0 Å². The predicted octanol–water partition coefficient (Wildman–Crippen LogP) is 1.43. The number of hydrogen-bond acceptors (Lipinski definition) is 5. The number of hydrogen-bond donors (Lipinski definition) is 0. The van der Waals surface area contributed by atoms with Crippen LogP contribution in [0.5, 0.6) is 0 Å². The molecule has 1 fully saturated rings. The SMILES string of the molecule is CCc1nc(CN2CCC(=O)C(CC)C2)no1. The van der Waals surface area contributed by atoms with Crippen LogP contribution in [-0.4, -0.2) is 33.9 Å². The molecule has 1 aromatic heterocycles. The van der Waals surface area contributed by atoms with E-state index < -0.39 is 0 Å². The third-order valence-corrected chi connectivity index (χ3v) is 3.28. The highest BCUT2D eigenvalue weighted by Crippen LogP contribution is 2.17. The first kappa shape index (κ1) is 12.2. The van der Waals surface area contributed by atoms with E-state index in [1.54, 1.807) is 0 Å². The molecule has 1 saturated heterocycles. The van der Waals surface area contributed by atoms with Crippen LogP contribution in [0.15, 0.2) is 4.52 Å². The van der Waals surface area contributed by atoms with Gasteiger partial charge in [-0.1, -0.05) is 19.0 Å². The minimum absolute atomic E-state index is 0.182. The second kappa shape index (κ2) is 5.40. The second-order valence-corrected chi connectivity index (χ2v) is 4.51. The van der Waals surface area contributed by atoms with E-state index in [4.69, 9.17) is 4.52 Å². The molecule has 5 heteroatoms. The van der Waals surface area contributed by atoms with Gasteiger partial charge in [-0.25, -0.2) is 0 Å². The van der Waals surface area contributed by atoms with Gasteiger partial charge in [-0.3, -0.25) is 9.69 Å². The van der Waals surface area contributed by atoms with Gasteiger partial charge in [0.15, 0.2) is 5.82 Å². The number of carbonyl (C=O) groups is 1. The van der Waals surface area contributed by atoms with Crippen molar-refractivity contribution in [3.05, 3.63) is 11.7 Å². The van der Waals surface area contributed by atoms with E-state index in [-0.39, 0.29) is 5.92 Å². The fourth-order valence-electron chi connectivity index (χ4n) is 2.18. The van der Waals surface area contributed by atoms with Crippen molar-refractivity contribution < 1.29 is 9.32 Å². The summed E-state index contributed by atoms with van der Waals surface area (Å²) in [6.07, 6.45) is 2.34. The molecule has 0 saturated carbocycles. The summed E-state index contributed by atoms with van der Waals surface area (Å²) in [6.45, 7) is 6.38. The lowest BCUT2D eigenvalue weighted by Gasteiger charge is -2.30. The van der Waals surface area contributed by atoms with Gasteiger partial charge in [0.2, 0.25) is 5.89 Å². The maximum absolute atomic E-state index is 11.6. The van der Waals surface area contributed by atoms with E-state index in [9.17, 15) is 4.79 Å². The fourth-order valence-corrected chi connectivity index (χ4v) is 2.18. The lowest BCUT2D eigenvalue weighted by molar-refractivity contribution is -0.126. The number of piperidine rings is 1. The lowest BCUT2D eigenvalue weighted by Crippen LogP contribution is -2.40. The van der Waals surface area contributed by atoms with E-state index in [0.717, 1.165) is 31.8 Å². The van der Waals surface area contributed by atoms with Crippen LogP contribution in [-0.2, 0) is 17.8 Å². The number of likely N-dealkylation sites (tertiary alicyclic amines) is 1. The average molecular weight is 237 g/mol. The number of nitrogens with zero attached hydrogens (tertiary/aromatic N) is 3. The van der Waals surface area contributed by atoms with Crippen LogP contribution in [0.1, 0.15) is 38.4 Å². The quantitative estimate of drug-likeness (QED) is 0.793. The van der Waals surface area contributed by atoms with E-state index in [0.29, 0.717) is 24.6 Å². The summed E-state index contributed by atoms with van der Waals surface area (Å²) >= 11 is 0. The van der Waals surface area contributed by atoms with Gasteiger partial charge >= 0.3 is 0 Å². The number of ketones is 1. The first-order valence-corrected chi connectivity index (χ1v) is 6.29. The van der Waals surface area contributed by atoms with Gasteiger partial charge < -0.3 is 4.52 Å². The summed E-state index contributed by atoms with van der Waals surface area (Å²) in [7, 11) is 0. The van der Waals surface area contributed by atoms with Crippen molar-refractivity contribution in [3.63, 3.8) is 0 Å². The van der Waals surface area contributed by atoms with Crippen LogP contribution in [0.25, 0.3) is 0 Å². The number of rotatable bonds is 4. The first-order valence-electron chi connectivity index (χ1n) is 6.29. The van der Waals surface area contributed by atoms with Gasteiger partial charge in [0.25, 0.3) is 0 Å². The van der Waals surface area contributed by atoms with E-state index in [1.807, 2.05) is 6.92 Å². The Morgan fingerprint density at radius 3 is 2.94 bits per heavy atom. The Hall–Kier alpha value is -1.23. The van der Waals surface area contributed by atoms with Gasteiger partial charge in [0, 0.05) is 31.8 Å². The Morgan fingerprint density at radius 1 is 1.47 bits per heavy atom. The Kier molecular flexibility index (Phi) is 3.89. The highest BCUT2D eigenvalue weighted by atomic mass is 16.5. The number of aromatic nitrogens is 2. The number of Topliss-reactive ketones (excluding diaryl/α,β-unsaturated/α-hetero) is 1. The monoisotopic (exact) mass is 237 g/mol. The van der Waals surface area contributed by atoms with E-state index in [1.165, 1.54) is 0 Å². The summed E-state index contributed by atoms with van der Waals surface area (Å²) in [4.78, 5) is 18.1. The summed E-state index contributed by atoms with van der Waals surface area (Å²) in [5.41, 5.74) is 0. The highest BCUT2D eigenvalue weighted by Gasteiger charge is 2.26. The molecule has 0 radical (unpaired) electrons. The third-order valence-electron chi connectivity index (χ3n) is 3.28. The Morgan fingerprint density at radius 2 is 2.29 bits per heavy atom. The Bertz CT molecular complexity index is 389. The molecule has 0 aromatic carbocycles. The molecule has 2 heterocycles. The number of carbonyl (C=O) groups excluding carboxylic acids is 1. The third kappa shape index (κ3) is 2.91. The Labute approximate surface area is 101 Å². The lowest BCUT2D eigenvalue weighted by atomic mass is 9.94. The largest absolute Gasteiger partial charge is 0.339 e. The smallest absolute Gasteiger partial charge is 0.226 e. The zero-order chi connectivity index (χ0) is 12.3. The topological polar surface area (TPSA) is 59.2 Å². The van der Waals surface area contributed by atoms with Crippen molar-refractivity contribution in [3.8, 4) is 0 Å². The molecule has 0 bridgehead atoms. The van der Waals surface area contributed by atoms with Crippen molar-refractivity contribution in [2.45, 2.75) is 39.7 Å². The van der Waals surface area contributed by atoms with Crippen LogP contribution < -0.4 is 0 Å². The minimum atomic E-state index is 0.182. The van der Waals surface area contributed by atoms with Crippen LogP contribution in [0.3, 0.4) is 0 Å². The van der Waals surface area contributed by atoms with Crippen molar-refractivity contribution in [2.24, 2.45) is 5.92 Å². The first-order chi connectivity index (χ1) is 8.22. The van der Waals surface area contributed by atoms with Crippen molar-refractivity contribution in [1.29, 1.82) is 0 Å². The molecule has 94 valence electrons. The summed E-state index contributed by atoms with van der Waals surface area (Å²) in [6, 6.07) is 0. The summed E-state index contributed by atoms with van der Waals surface area (Å²) in [5, 5.41) is 3.94. The van der Waals surface area contributed by atoms with E-state index >= 15 is 0 Å². The molecular formula is C12H19N3O2. The molecule has 0 amide bonds. The molecule has 0 aliphatic carbocycles. The molecule has 1 unspecified atom stereocenters. The standard InChI is InChI=1S/C12H19N3O2/c1-3-9-7-15(6-5-10(9)16)8-11-13-12(4-2)17-14-11/h9H,3-8H2,1-2H3. The zero-order valence-electron chi connectivity index (χ0n) is 10.5. The molecule has 2 rings (SSSR count). The predicted molar refractivity (Wildman–Crippen MR) is 62.4 cm³/mol. The summed E-state index contributed by atoms with van der Waals surface area (Å²) in [5.74, 6) is 1.98. The maximum atomic E-state index is 11.6. The second-order valence-electron chi connectivity index (χ2n) is 4.51.